The van der Waals surface area contributed by atoms with E-state index in [1.54, 1.807) is 19.9 Å². The Morgan fingerprint density at radius 2 is 1.90 bits per heavy atom. The summed E-state index contributed by atoms with van der Waals surface area (Å²) in [5.74, 6) is -1.24. The summed E-state index contributed by atoms with van der Waals surface area (Å²) in [5.41, 5.74) is 0.370. The molecule has 2 atom stereocenters. The highest BCUT2D eigenvalue weighted by atomic mass is 32.2. The minimum absolute atomic E-state index is 0.195. The van der Waals surface area contributed by atoms with Gasteiger partial charge in [0.1, 0.15) is 0 Å². The molecular weight excluding hydrogens is 426 g/mol. The molecule has 1 aliphatic carbocycles. The second kappa shape index (κ2) is 9.13. The number of benzene rings is 1. The third kappa shape index (κ3) is 6.71. The molecular formula is C22H32F2N2O4S. The van der Waals surface area contributed by atoms with Gasteiger partial charge in [-0.2, -0.15) is 4.31 Å². The highest BCUT2D eigenvalue weighted by molar-refractivity contribution is 7.88. The standard InChI is InChI=1S/C22H32F2N2O4S/c1-22(2,27)14-25(3)12-17-9-18(17)13-30-21-19(23)10-16(11-20(21)24)15-5-7-26(8-6-15)31(4,28)29/h5,10-11,17-18,27H,6-9,12-14H2,1-4H3. The molecule has 0 aromatic heterocycles. The van der Waals surface area contributed by atoms with Gasteiger partial charge >= 0.3 is 0 Å². The van der Waals surface area contributed by atoms with E-state index in [1.807, 2.05) is 7.05 Å². The molecule has 1 aromatic carbocycles. The Morgan fingerprint density at radius 3 is 2.42 bits per heavy atom. The fourth-order valence-corrected chi connectivity index (χ4v) is 4.92. The number of likely N-dealkylation sites (N-methyl/N-ethyl adjacent to an activating group) is 1. The number of rotatable bonds is 9. The van der Waals surface area contributed by atoms with Gasteiger partial charge in [-0.25, -0.2) is 17.2 Å². The Kier molecular flexibility index (Phi) is 7.10. The topological polar surface area (TPSA) is 70.1 Å². The first kappa shape index (κ1) is 24.1. The van der Waals surface area contributed by atoms with Crippen LogP contribution in [0.25, 0.3) is 5.57 Å². The SMILES string of the molecule is CN(CC1CC1COc1c(F)cc(C2=CCN(S(C)(=O)=O)CC2)cc1F)CC(C)(C)O. The molecule has 1 fully saturated rings. The van der Waals surface area contributed by atoms with E-state index in [-0.39, 0.29) is 31.4 Å². The molecule has 1 aliphatic heterocycles. The zero-order valence-corrected chi connectivity index (χ0v) is 19.4. The van der Waals surface area contributed by atoms with Crippen LogP contribution in [0.15, 0.2) is 18.2 Å². The maximum atomic E-state index is 14.6. The summed E-state index contributed by atoms with van der Waals surface area (Å²) in [6.07, 6.45) is 4.17. The van der Waals surface area contributed by atoms with Gasteiger partial charge in [-0.15, -0.1) is 0 Å². The summed E-state index contributed by atoms with van der Waals surface area (Å²) >= 11 is 0. The molecule has 0 radical (unpaired) electrons. The van der Waals surface area contributed by atoms with Crippen molar-refractivity contribution >= 4 is 15.6 Å². The number of ether oxygens (including phenoxy) is 1. The molecule has 0 bridgehead atoms. The van der Waals surface area contributed by atoms with Crippen LogP contribution in [0.2, 0.25) is 0 Å². The quantitative estimate of drug-likeness (QED) is 0.616. The van der Waals surface area contributed by atoms with Crippen molar-refractivity contribution in [1.29, 1.82) is 0 Å². The number of nitrogens with zero attached hydrogens (tertiary/aromatic N) is 2. The predicted molar refractivity (Wildman–Crippen MR) is 116 cm³/mol. The van der Waals surface area contributed by atoms with Crippen LogP contribution in [0.1, 0.15) is 32.3 Å². The van der Waals surface area contributed by atoms with Gasteiger partial charge in [-0.1, -0.05) is 6.08 Å². The molecule has 2 unspecified atom stereocenters. The Morgan fingerprint density at radius 1 is 1.26 bits per heavy atom. The van der Waals surface area contributed by atoms with Crippen LogP contribution in [0, 0.1) is 23.5 Å². The molecule has 1 aromatic rings. The van der Waals surface area contributed by atoms with Crippen LogP contribution in [0.5, 0.6) is 5.75 Å². The molecule has 1 heterocycles. The van der Waals surface area contributed by atoms with E-state index in [0.717, 1.165) is 24.8 Å². The lowest BCUT2D eigenvalue weighted by Gasteiger charge is -2.25. The fraction of sp³-hybridized carbons (Fsp3) is 0.636. The lowest BCUT2D eigenvalue weighted by atomic mass is 10.00. The zero-order valence-electron chi connectivity index (χ0n) is 18.6. The van der Waals surface area contributed by atoms with Gasteiger partial charge < -0.3 is 14.7 Å². The largest absolute Gasteiger partial charge is 0.487 e. The minimum atomic E-state index is -3.28. The van der Waals surface area contributed by atoms with Crippen molar-refractivity contribution in [1.82, 2.24) is 9.21 Å². The summed E-state index contributed by atoms with van der Waals surface area (Å²) in [6.45, 7) is 5.62. The molecule has 0 spiro atoms. The predicted octanol–water partition coefficient (Wildman–Crippen LogP) is 2.73. The van der Waals surface area contributed by atoms with Crippen molar-refractivity contribution in [3.63, 3.8) is 0 Å². The highest BCUT2D eigenvalue weighted by Crippen LogP contribution is 2.40. The van der Waals surface area contributed by atoms with E-state index in [9.17, 15) is 22.3 Å². The van der Waals surface area contributed by atoms with Gasteiger partial charge in [-0.05, 0) is 68.8 Å². The molecule has 0 saturated heterocycles. The van der Waals surface area contributed by atoms with Crippen molar-refractivity contribution in [3.8, 4) is 5.75 Å². The summed E-state index contributed by atoms with van der Waals surface area (Å²) < 4.78 is 59.1. The van der Waals surface area contributed by atoms with Gasteiger partial charge in [0.25, 0.3) is 0 Å². The molecule has 174 valence electrons. The van der Waals surface area contributed by atoms with Crippen molar-refractivity contribution < 1.29 is 27.0 Å². The molecule has 0 amide bonds. The summed E-state index contributed by atoms with van der Waals surface area (Å²) in [5, 5.41) is 9.88. The second-order valence-corrected chi connectivity index (χ2v) is 11.4. The first-order chi connectivity index (χ1) is 14.3. The summed E-state index contributed by atoms with van der Waals surface area (Å²) in [4.78, 5) is 2.06. The first-order valence-corrected chi connectivity index (χ1v) is 12.4. The molecule has 3 rings (SSSR count). The third-order valence-corrected chi connectivity index (χ3v) is 6.99. The first-order valence-electron chi connectivity index (χ1n) is 10.5. The van der Waals surface area contributed by atoms with Crippen molar-refractivity contribution in [2.45, 2.75) is 32.3 Å². The zero-order chi connectivity index (χ0) is 23.0. The van der Waals surface area contributed by atoms with Gasteiger partial charge in [0.05, 0.1) is 18.5 Å². The Balaban J connectivity index is 1.56. The molecule has 6 nitrogen and oxygen atoms in total. The van der Waals surface area contributed by atoms with E-state index in [4.69, 9.17) is 4.74 Å². The average Bonchev–Trinajstić information content (AvgIpc) is 3.36. The lowest BCUT2D eigenvalue weighted by Crippen LogP contribution is -2.37. The van der Waals surface area contributed by atoms with E-state index in [1.165, 1.54) is 16.4 Å². The van der Waals surface area contributed by atoms with Crippen LogP contribution < -0.4 is 4.74 Å². The van der Waals surface area contributed by atoms with E-state index < -0.39 is 27.3 Å². The number of hydrogen-bond acceptors (Lipinski definition) is 5. The molecule has 31 heavy (non-hydrogen) atoms. The van der Waals surface area contributed by atoms with Crippen LogP contribution in [0.4, 0.5) is 8.78 Å². The van der Waals surface area contributed by atoms with Crippen molar-refractivity contribution in [2.75, 3.05) is 46.1 Å². The van der Waals surface area contributed by atoms with Gasteiger partial charge in [-0.3, -0.25) is 0 Å². The van der Waals surface area contributed by atoms with E-state index in [0.29, 0.717) is 24.4 Å². The Hall–Kier alpha value is -1.55. The third-order valence-electron chi connectivity index (χ3n) is 5.72. The molecule has 2 aliphatic rings. The van der Waals surface area contributed by atoms with Gasteiger partial charge in [0.2, 0.25) is 10.0 Å². The van der Waals surface area contributed by atoms with Crippen LogP contribution in [-0.4, -0.2) is 74.4 Å². The minimum Gasteiger partial charge on any atom is -0.487 e. The molecule has 1 N–H and O–H groups in total. The molecule has 9 heteroatoms. The summed E-state index contributed by atoms with van der Waals surface area (Å²) in [7, 11) is -1.33. The average molecular weight is 459 g/mol. The van der Waals surface area contributed by atoms with E-state index in [2.05, 4.69) is 4.90 Å². The summed E-state index contributed by atoms with van der Waals surface area (Å²) in [6, 6.07) is 2.50. The Labute approximate surface area is 183 Å². The van der Waals surface area contributed by atoms with Crippen molar-refractivity contribution in [3.05, 3.63) is 35.4 Å². The van der Waals surface area contributed by atoms with Gasteiger partial charge in [0.15, 0.2) is 17.4 Å². The van der Waals surface area contributed by atoms with Gasteiger partial charge in [0, 0.05) is 26.2 Å². The normalized spacial score (nSPS) is 22.5. The highest BCUT2D eigenvalue weighted by Gasteiger charge is 2.39. The number of aliphatic hydroxyl groups is 1. The number of sulfonamides is 1. The second-order valence-electron chi connectivity index (χ2n) is 9.45. The lowest BCUT2D eigenvalue weighted by molar-refractivity contribution is 0.0427. The van der Waals surface area contributed by atoms with E-state index >= 15 is 0 Å². The fourth-order valence-electron chi connectivity index (χ4n) is 4.15. The van der Waals surface area contributed by atoms with Crippen LogP contribution >= 0.6 is 0 Å². The number of halogens is 2. The maximum Gasteiger partial charge on any atom is 0.211 e. The van der Waals surface area contributed by atoms with Crippen LogP contribution in [-0.2, 0) is 10.0 Å². The Bertz CT molecular complexity index is 920. The van der Waals surface area contributed by atoms with Crippen LogP contribution in [0.3, 0.4) is 0 Å². The molecule has 1 saturated carbocycles. The van der Waals surface area contributed by atoms with Crippen molar-refractivity contribution in [2.24, 2.45) is 11.8 Å². The maximum absolute atomic E-state index is 14.6. The monoisotopic (exact) mass is 458 g/mol. The smallest absolute Gasteiger partial charge is 0.211 e. The number of hydrogen-bond donors (Lipinski definition) is 1.